The van der Waals surface area contributed by atoms with Gasteiger partial charge in [0.2, 0.25) is 0 Å². The highest BCUT2D eigenvalue weighted by atomic mass is 35.5. The summed E-state index contributed by atoms with van der Waals surface area (Å²) in [6, 6.07) is 6.10. The number of hydrogen-bond acceptors (Lipinski definition) is 3. The minimum Gasteiger partial charge on any atom is -0.480 e. The van der Waals surface area contributed by atoms with Crippen LogP contribution in [0.15, 0.2) is 24.3 Å². The standard InChI is InChI=1S/C12H17ClN2O4S/c1-3-14(4-2)20(18,19)15(9-12(16)17)11-7-5-6-10(13)8-11/h5-8H,3-4,9H2,1-2H3,(H,16,17). The Kier molecular flexibility index (Phi) is 5.79. The third-order valence-electron chi connectivity index (χ3n) is 2.69. The minimum absolute atomic E-state index is 0.229. The summed E-state index contributed by atoms with van der Waals surface area (Å²) in [5, 5.41) is 9.29. The lowest BCUT2D eigenvalue weighted by atomic mass is 10.3. The summed E-state index contributed by atoms with van der Waals surface area (Å²) in [4.78, 5) is 11.0. The van der Waals surface area contributed by atoms with Gasteiger partial charge in [-0.1, -0.05) is 31.5 Å². The van der Waals surface area contributed by atoms with Gasteiger partial charge >= 0.3 is 16.2 Å². The fourth-order valence-corrected chi connectivity index (χ4v) is 3.52. The van der Waals surface area contributed by atoms with Crippen molar-refractivity contribution in [1.29, 1.82) is 0 Å². The number of aliphatic carboxylic acids is 1. The van der Waals surface area contributed by atoms with Gasteiger partial charge in [-0.15, -0.1) is 0 Å². The SMILES string of the molecule is CCN(CC)S(=O)(=O)N(CC(=O)O)c1cccc(Cl)c1. The summed E-state index contributed by atoms with van der Waals surface area (Å²) in [6.45, 7) is 3.25. The topological polar surface area (TPSA) is 77.9 Å². The van der Waals surface area contributed by atoms with E-state index in [-0.39, 0.29) is 18.8 Å². The number of halogens is 1. The maximum Gasteiger partial charge on any atom is 0.324 e. The van der Waals surface area contributed by atoms with E-state index in [1.165, 1.54) is 16.4 Å². The van der Waals surface area contributed by atoms with Crippen molar-refractivity contribution < 1.29 is 18.3 Å². The van der Waals surface area contributed by atoms with Crippen molar-refractivity contribution in [3.05, 3.63) is 29.3 Å². The zero-order chi connectivity index (χ0) is 15.3. The van der Waals surface area contributed by atoms with Crippen molar-refractivity contribution >= 4 is 33.5 Å². The Morgan fingerprint density at radius 3 is 2.35 bits per heavy atom. The third-order valence-corrected chi connectivity index (χ3v) is 4.99. The van der Waals surface area contributed by atoms with E-state index < -0.39 is 22.7 Å². The summed E-state index contributed by atoms with van der Waals surface area (Å²) < 4.78 is 27.0. The van der Waals surface area contributed by atoms with Crippen LogP contribution in [0.2, 0.25) is 5.02 Å². The van der Waals surface area contributed by atoms with Crippen molar-refractivity contribution in [3.63, 3.8) is 0 Å². The summed E-state index contributed by atoms with van der Waals surface area (Å²) >= 11 is 5.84. The van der Waals surface area contributed by atoms with Crippen LogP contribution < -0.4 is 4.31 Å². The number of carbonyl (C=O) groups is 1. The molecule has 0 spiro atoms. The Balaban J connectivity index is 3.29. The Hall–Kier alpha value is -1.31. The predicted molar refractivity (Wildman–Crippen MR) is 78.3 cm³/mol. The van der Waals surface area contributed by atoms with Gasteiger partial charge in [-0.05, 0) is 18.2 Å². The van der Waals surface area contributed by atoms with Crippen molar-refractivity contribution in [2.24, 2.45) is 0 Å². The first-order valence-electron chi connectivity index (χ1n) is 6.08. The van der Waals surface area contributed by atoms with Crippen LogP contribution >= 0.6 is 11.6 Å². The predicted octanol–water partition coefficient (Wildman–Crippen LogP) is 1.82. The van der Waals surface area contributed by atoms with Gasteiger partial charge in [0, 0.05) is 18.1 Å². The van der Waals surface area contributed by atoms with Crippen LogP contribution in [0.25, 0.3) is 0 Å². The molecule has 1 rings (SSSR count). The van der Waals surface area contributed by atoms with Gasteiger partial charge in [0.15, 0.2) is 0 Å². The fraction of sp³-hybridized carbons (Fsp3) is 0.417. The molecule has 0 saturated heterocycles. The molecule has 0 radical (unpaired) electrons. The lowest BCUT2D eigenvalue weighted by Crippen LogP contribution is -2.46. The van der Waals surface area contributed by atoms with E-state index in [2.05, 4.69) is 0 Å². The number of benzene rings is 1. The second-order valence-corrected chi connectivity index (χ2v) is 6.26. The van der Waals surface area contributed by atoms with Crippen molar-refractivity contribution in [2.45, 2.75) is 13.8 Å². The van der Waals surface area contributed by atoms with E-state index in [1.54, 1.807) is 26.0 Å². The maximum atomic E-state index is 12.5. The van der Waals surface area contributed by atoms with Crippen LogP contribution in [-0.2, 0) is 15.0 Å². The Labute approximate surface area is 123 Å². The Morgan fingerprint density at radius 2 is 1.90 bits per heavy atom. The number of carboxylic acid groups (broad SMARTS) is 1. The monoisotopic (exact) mass is 320 g/mol. The molecule has 0 bridgehead atoms. The molecule has 1 aromatic rings. The summed E-state index contributed by atoms with van der Waals surface area (Å²) in [6.07, 6.45) is 0. The van der Waals surface area contributed by atoms with Gasteiger partial charge in [0.25, 0.3) is 0 Å². The molecule has 20 heavy (non-hydrogen) atoms. The number of hydrogen-bond donors (Lipinski definition) is 1. The highest BCUT2D eigenvalue weighted by Gasteiger charge is 2.29. The highest BCUT2D eigenvalue weighted by Crippen LogP contribution is 2.23. The summed E-state index contributed by atoms with van der Waals surface area (Å²) in [5.41, 5.74) is 0.229. The van der Waals surface area contributed by atoms with E-state index >= 15 is 0 Å². The molecule has 0 unspecified atom stereocenters. The van der Waals surface area contributed by atoms with E-state index in [9.17, 15) is 13.2 Å². The fourth-order valence-electron chi connectivity index (χ4n) is 1.75. The molecular weight excluding hydrogens is 304 g/mol. The number of anilines is 1. The summed E-state index contributed by atoms with van der Waals surface area (Å²) in [7, 11) is -3.90. The van der Waals surface area contributed by atoms with E-state index in [0.717, 1.165) is 4.31 Å². The molecule has 8 heteroatoms. The average molecular weight is 321 g/mol. The normalized spacial score (nSPS) is 11.6. The highest BCUT2D eigenvalue weighted by molar-refractivity contribution is 7.90. The molecule has 0 aliphatic rings. The van der Waals surface area contributed by atoms with Crippen LogP contribution in [0.3, 0.4) is 0 Å². The lowest BCUT2D eigenvalue weighted by molar-refractivity contribution is -0.135. The third kappa shape index (κ3) is 3.84. The van der Waals surface area contributed by atoms with Gasteiger partial charge in [-0.2, -0.15) is 12.7 Å². The maximum absolute atomic E-state index is 12.5. The average Bonchev–Trinajstić information content (AvgIpc) is 2.36. The second kappa shape index (κ2) is 6.92. The van der Waals surface area contributed by atoms with Crippen LogP contribution in [0.4, 0.5) is 5.69 Å². The molecule has 1 aromatic carbocycles. The second-order valence-electron chi connectivity index (χ2n) is 3.97. The molecule has 0 aromatic heterocycles. The van der Waals surface area contributed by atoms with Crippen molar-refractivity contribution in [2.75, 3.05) is 23.9 Å². The Morgan fingerprint density at radius 1 is 1.30 bits per heavy atom. The van der Waals surface area contributed by atoms with Crippen LogP contribution in [0, 0.1) is 0 Å². The van der Waals surface area contributed by atoms with Gasteiger partial charge in [-0.3, -0.25) is 4.79 Å². The molecule has 0 fully saturated rings. The quantitative estimate of drug-likeness (QED) is 0.831. The zero-order valence-corrected chi connectivity index (χ0v) is 12.9. The minimum atomic E-state index is -3.90. The molecular formula is C12H17ClN2O4S. The molecule has 0 heterocycles. The molecule has 0 amide bonds. The summed E-state index contributed by atoms with van der Waals surface area (Å²) in [5.74, 6) is -1.24. The van der Waals surface area contributed by atoms with Crippen LogP contribution in [-0.4, -0.2) is 43.4 Å². The van der Waals surface area contributed by atoms with Gasteiger partial charge < -0.3 is 5.11 Å². The molecule has 0 aliphatic carbocycles. The van der Waals surface area contributed by atoms with E-state index in [4.69, 9.17) is 16.7 Å². The number of carboxylic acids is 1. The van der Waals surface area contributed by atoms with Gasteiger partial charge in [-0.25, -0.2) is 4.31 Å². The number of nitrogens with zero attached hydrogens (tertiary/aromatic N) is 2. The van der Waals surface area contributed by atoms with Crippen molar-refractivity contribution in [1.82, 2.24) is 4.31 Å². The largest absolute Gasteiger partial charge is 0.480 e. The van der Waals surface area contributed by atoms with Crippen LogP contribution in [0.5, 0.6) is 0 Å². The van der Waals surface area contributed by atoms with E-state index in [1.807, 2.05) is 0 Å². The molecule has 0 atom stereocenters. The van der Waals surface area contributed by atoms with Crippen molar-refractivity contribution in [3.8, 4) is 0 Å². The molecule has 0 aliphatic heterocycles. The molecule has 1 N–H and O–H groups in total. The first-order chi connectivity index (χ1) is 9.32. The molecule has 112 valence electrons. The van der Waals surface area contributed by atoms with Gasteiger partial charge in [0.05, 0.1) is 5.69 Å². The molecule has 0 saturated carbocycles. The van der Waals surface area contributed by atoms with Crippen LogP contribution in [0.1, 0.15) is 13.8 Å². The lowest BCUT2D eigenvalue weighted by Gasteiger charge is -2.29. The van der Waals surface area contributed by atoms with E-state index in [0.29, 0.717) is 5.02 Å². The smallest absolute Gasteiger partial charge is 0.324 e. The Bertz CT molecular complexity index is 573. The first-order valence-corrected chi connectivity index (χ1v) is 7.85. The molecule has 6 nitrogen and oxygen atoms in total. The zero-order valence-electron chi connectivity index (χ0n) is 11.3. The van der Waals surface area contributed by atoms with Gasteiger partial charge in [0.1, 0.15) is 6.54 Å². The number of rotatable bonds is 7. The first kappa shape index (κ1) is 16.7.